The molecule has 1 aromatic heterocycles. The van der Waals surface area contributed by atoms with Crippen LogP contribution in [-0.4, -0.2) is 26.4 Å². The molecule has 0 amide bonds. The summed E-state index contributed by atoms with van der Waals surface area (Å²) in [5, 5.41) is 9.67. The zero-order chi connectivity index (χ0) is 13.4. The first-order chi connectivity index (χ1) is 9.20. The van der Waals surface area contributed by atoms with E-state index in [4.69, 9.17) is 5.11 Å². The van der Waals surface area contributed by atoms with Crippen LogP contribution in [0.3, 0.4) is 0 Å². The largest absolute Gasteiger partial charge is 0.481 e. The molecule has 19 heavy (non-hydrogen) atoms. The fourth-order valence-electron chi connectivity index (χ4n) is 2.56. The van der Waals surface area contributed by atoms with Crippen LogP contribution in [-0.2, 0) is 4.79 Å². The van der Waals surface area contributed by atoms with E-state index in [2.05, 4.69) is 22.5 Å². The summed E-state index contributed by atoms with van der Waals surface area (Å²) in [4.78, 5) is 15.3. The predicted molar refractivity (Wildman–Crippen MR) is 75.5 cm³/mol. The van der Waals surface area contributed by atoms with Crippen LogP contribution in [0.5, 0.6) is 0 Å². The summed E-state index contributed by atoms with van der Waals surface area (Å²) in [6, 6.07) is 8.53. The Balaban J connectivity index is 1.99. The van der Waals surface area contributed by atoms with Gasteiger partial charge in [0.15, 0.2) is 5.16 Å². The molecule has 1 heterocycles. The van der Waals surface area contributed by atoms with E-state index < -0.39 is 5.97 Å². The van der Waals surface area contributed by atoms with Gasteiger partial charge in [0.05, 0.1) is 16.8 Å². The Morgan fingerprint density at radius 3 is 3.00 bits per heavy atom. The minimum absolute atomic E-state index is 0.0623. The number of carboxylic acids is 1. The van der Waals surface area contributed by atoms with E-state index >= 15 is 0 Å². The summed E-state index contributed by atoms with van der Waals surface area (Å²) in [5.74, 6) is -0.0273. The van der Waals surface area contributed by atoms with Crippen molar-refractivity contribution in [3.63, 3.8) is 0 Å². The maximum atomic E-state index is 10.7. The van der Waals surface area contributed by atoms with Crippen molar-refractivity contribution in [1.29, 1.82) is 0 Å². The van der Waals surface area contributed by atoms with Gasteiger partial charge < -0.3 is 9.67 Å². The second-order valence-corrected chi connectivity index (χ2v) is 5.85. The monoisotopic (exact) mass is 276 g/mol. The smallest absolute Gasteiger partial charge is 0.313 e. The first-order valence-corrected chi connectivity index (χ1v) is 7.50. The van der Waals surface area contributed by atoms with Crippen LogP contribution in [0.25, 0.3) is 11.0 Å². The lowest BCUT2D eigenvalue weighted by atomic mass is 10.3. The average molecular weight is 276 g/mol. The highest BCUT2D eigenvalue weighted by atomic mass is 32.2. The molecule has 1 aliphatic rings. The Labute approximate surface area is 115 Å². The van der Waals surface area contributed by atoms with E-state index in [0.717, 1.165) is 16.2 Å². The zero-order valence-corrected chi connectivity index (χ0v) is 11.6. The summed E-state index contributed by atoms with van der Waals surface area (Å²) >= 11 is 1.31. The number of aromatic nitrogens is 2. The van der Waals surface area contributed by atoms with Gasteiger partial charge in [-0.2, -0.15) is 0 Å². The Kier molecular flexibility index (Phi) is 3.22. The van der Waals surface area contributed by atoms with Crippen LogP contribution in [0.2, 0.25) is 0 Å². The first kappa shape index (κ1) is 12.5. The molecule has 1 N–H and O–H groups in total. The zero-order valence-electron chi connectivity index (χ0n) is 10.7. The SMILES string of the molecule is CCC1CC1n1c(SCC(=O)O)nc2ccccc21. The number of benzene rings is 1. The van der Waals surface area contributed by atoms with Gasteiger partial charge in [0.25, 0.3) is 0 Å². The molecule has 1 saturated carbocycles. The normalized spacial score (nSPS) is 21.7. The van der Waals surface area contributed by atoms with Crippen molar-refractivity contribution in [2.45, 2.75) is 31.0 Å². The quantitative estimate of drug-likeness (QED) is 0.852. The number of fused-ring (bicyclic) bond motifs is 1. The van der Waals surface area contributed by atoms with Crippen LogP contribution < -0.4 is 0 Å². The molecule has 1 aliphatic carbocycles. The molecule has 1 aromatic carbocycles. The summed E-state index contributed by atoms with van der Waals surface area (Å²) in [6.45, 7) is 2.20. The lowest BCUT2D eigenvalue weighted by Gasteiger charge is -2.07. The molecule has 2 aromatic rings. The number of hydrogen-bond acceptors (Lipinski definition) is 3. The fourth-order valence-corrected chi connectivity index (χ4v) is 3.35. The molecule has 0 bridgehead atoms. The van der Waals surface area contributed by atoms with E-state index in [0.29, 0.717) is 12.0 Å². The minimum atomic E-state index is -0.800. The third-order valence-corrected chi connectivity index (χ3v) is 4.57. The Morgan fingerprint density at radius 2 is 2.32 bits per heavy atom. The van der Waals surface area contributed by atoms with Gasteiger partial charge in [-0.25, -0.2) is 4.98 Å². The number of imidazole rings is 1. The van der Waals surface area contributed by atoms with Gasteiger partial charge in [-0.1, -0.05) is 37.2 Å². The van der Waals surface area contributed by atoms with Crippen molar-refractivity contribution < 1.29 is 9.90 Å². The van der Waals surface area contributed by atoms with E-state index in [-0.39, 0.29) is 5.75 Å². The van der Waals surface area contributed by atoms with Gasteiger partial charge in [-0.3, -0.25) is 4.79 Å². The molecule has 0 spiro atoms. The molecule has 0 radical (unpaired) electrons. The number of para-hydroxylation sites is 2. The fraction of sp³-hybridized carbons (Fsp3) is 0.429. The molecule has 0 aliphatic heterocycles. The van der Waals surface area contributed by atoms with Gasteiger partial charge in [0.1, 0.15) is 0 Å². The van der Waals surface area contributed by atoms with Crippen molar-refractivity contribution >= 4 is 28.8 Å². The molecule has 2 unspecified atom stereocenters. The molecule has 1 fully saturated rings. The van der Waals surface area contributed by atoms with E-state index in [1.165, 1.54) is 24.6 Å². The number of rotatable bonds is 5. The molecular weight excluding hydrogens is 260 g/mol. The molecule has 3 rings (SSSR count). The van der Waals surface area contributed by atoms with Crippen molar-refractivity contribution in [2.24, 2.45) is 5.92 Å². The molecule has 100 valence electrons. The molecule has 0 saturated heterocycles. The van der Waals surface area contributed by atoms with E-state index in [1.54, 1.807) is 0 Å². The highest BCUT2D eigenvalue weighted by molar-refractivity contribution is 7.99. The van der Waals surface area contributed by atoms with Crippen molar-refractivity contribution in [3.8, 4) is 0 Å². The standard InChI is InChI=1S/C14H16N2O2S/c1-2-9-7-12(9)16-11-6-4-3-5-10(11)15-14(16)19-8-13(17)18/h3-6,9,12H,2,7-8H2,1H3,(H,17,18). The molecule has 2 atom stereocenters. The van der Waals surface area contributed by atoms with Crippen LogP contribution in [0.4, 0.5) is 0 Å². The number of hydrogen-bond donors (Lipinski definition) is 1. The minimum Gasteiger partial charge on any atom is -0.481 e. The summed E-state index contributed by atoms with van der Waals surface area (Å²) in [7, 11) is 0. The van der Waals surface area contributed by atoms with Crippen LogP contribution in [0.1, 0.15) is 25.8 Å². The van der Waals surface area contributed by atoms with Crippen LogP contribution in [0.15, 0.2) is 29.4 Å². The highest BCUT2D eigenvalue weighted by Crippen LogP contribution is 2.48. The average Bonchev–Trinajstić information content (AvgIpc) is 3.08. The Bertz CT molecular complexity index is 623. The van der Waals surface area contributed by atoms with Gasteiger partial charge in [-0.05, 0) is 24.5 Å². The lowest BCUT2D eigenvalue weighted by molar-refractivity contribution is -0.133. The topological polar surface area (TPSA) is 55.1 Å². The van der Waals surface area contributed by atoms with Gasteiger partial charge in [0, 0.05) is 6.04 Å². The summed E-state index contributed by atoms with van der Waals surface area (Å²) in [5.41, 5.74) is 2.08. The molecule has 5 heteroatoms. The maximum Gasteiger partial charge on any atom is 0.313 e. The summed E-state index contributed by atoms with van der Waals surface area (Å²) < 4.78 is 2.23. The van der Waals surface area contributed by atoms with Crippen LogP contribution in [0, 0.1) is 5.92 Å². The third-order valence-electron chi connectivity index (χ3n) is 3.63. The van der Waals surface area contributed by atoms with Crippen molar-refractivity contribution in [3.05, 3.63) is 24.3 Å². The van der Waals surface area contributed by atoms with E-state index in [1.807, 2.05) is 18.2 Å². The predicted octanol–water partition coefficient (Wildman–Crippen LogP) is 3.18. The number of nitrogens with zero attached hydrogens (tertiary/aromatic N) is 2. The second kappa shape index (κ2) is 4.89. The Hall–Kier alpha value is -1.49. The lowest BCUT2D eigenvalue weighted by Crippen LogP contribution is -2.03. The third kappa shape index (κ3) is 2.34. The van der Waals surface area contributed by atoms with Crippen molar-refractivity contribution in [2.75, 3.05) is 5.75 Å². The Morgan fingerprint density at radius 1 is 1.53 bits per heavy atom. The molecule has 4 nitrogen and oxygen atoms in total. The van der Waals surface area contributed by atoms with E-state index in [9.17, 15) is 4.79 Å². The number of thioether (sulfide) groups is 1. The van der Waals surface area contributed by atoms with Crippen LogP contribution >= 0.6 is 11.8 Å². The summed E-state index contributed by atoms with van der Waals surface area (Å²) in [6.07, 6.45) is 2.34. The van der Waals surface area contributed by atoms with Crippen molar-refractivity contribution in [1.82, 2.24) is 9.55 Å². The van der Waals surface area contributed by atoms with Gasteiger partial charge >= 0.3 is 5.97 Å². The van der Waals surface area contributed by atoms with Gasteiger partial charge in [0.2, 0.25) is 0 Å². The number of carboxylic acid groups (broad SMARTS) is 1. The number of aliphatic carboxylic acids is 1. The second-order valence-electron chi connectivity index (χ2n) is 4.91. The maximum absolute atomic E-state index is 10.7. The van der Waals surface area contributed by atoms with Gasteiger partial charge in [-0.15, -0.1) is 0 Å². The number of carbonyl (C=O) groups is 1. The highest BCUT2D eigenvalue weighted by Gasteiger charge is 2.39. The first-order valence-electron chi connectivity index (χ1n) is 6.52. The molecular formula is C14H16N2O2S.